The van der Waals surface area contributed by atoms with Gasteiger partial charge in [-0.25, -0.2) is 19.0 Å². The van der Waals surface area contributed by atoms with Crippen molar-refractivity contribution in [2.45, 2.75) is 6.04 Å². The first-order chi connectivity index (χ1) is 9.56. The van der Waals surface area contributed by atoms with Crippen molar-refractivity contribution in [1.29, 1.82) is 0 Å². The monoisotopic (exact) mass is 280 g/mol. The zero-order valence-electron chi connectivity index (χ0n) is 10.5. The number of hydrogen-bond donors (Lipinski definition) is 2. The van der Waals surface area contributed by atoms with Gasteiger partial charge in [0.2, 0.25) is 0 Å². The van der Waals surface area contributed by atoms with Gasteiger partial charge in [0, 0.05) is 26.2 Å². The molecule has 0 spiro atoms. The van der Waals surface area contributed by atoms with E-state index in [2.05, 4.69) is 10.3 Å². The molecule has 2 fully saturated rings. The van der Waals surface area contributed by atoms with Crippen LogP contribution in [0.2, 0.25) is 0 Å². The van der Waals surface area contributed by atoms with Crippen molar-refractivity contribution in [3.63, 3.8) is 0 Å². The lowest BCUT2D eigenvalue weighted by Crippen LogP contribution is -2.52. The SMILES string of the molecule is O=C(O)c1cc(F)cnc1N1CCN2C(=O)NCC2C1. The van der Waals surface area contributed by atoms with E-state index in [1.54, 1.807) is 9.80 Å². The number of piperazine rings is 1. The summed E-state index contributed by atoms with van der Waals surface area (Å²) in [6.45, 7) is 1.98. The molecule has 0 bridgehead atoms. The Morgan fingerprint density at radius 1 is 1.50 bits per heavy atom. The van der Waals surface area contributed by atoms with E-state index in [-0.39, 0.29) is 23.5 Å². The molecule has 2 N–H and O–H groups in total. The molecule has 1 aromatic rings. The number of aromatic carboxylic acids is 1. The topological polar surface area (TPSA) is 85.8 Å². The van der Waals surface area contributed by atoms with Crippen molar-refractivity contribution in [2.24, 2.45) is 0 Å². The highest BCUT2D eigenvalue weighted by Crippen LogP contribution is 2.23. The number of rotatable bonds is 2. The van der Waals surface area contributed by atoms with Crippen LogP contribution >= 0.6 is 0 Å². The molecule has 106 valence electrons. The molecule has 1 aromatic heterocycles. The number of carbonyl (C=O) groups is 2. The first-order valence-electron chi connectivity index (χ1n) is 6.24. The summed E-state index contributed by atoms with van der Waals surface area (Å²) in [7, 11) is 0. The fraction of sp³-hybridized carbons (Fsp3) is 0.417. The summed E-state index contributed by atoms with van der Waals surface area (Å²) in [4.78, 5) is 30.1. The fourth-order valence-corrected chi connectivity index (χ4v) is 2.64. The molecule has 2 amide bonds. The summed E-state index contributed by atoms with van der Waals surface area (Å²) in [5, 5.41) is 11.9. The second-order valence-electron chi connectivity index (χ2n) is 4.81. The van der Waals surface area contributed by atoms with Gasteiger partial charge in [0.15, 0.2) is 0 Å². The van der Waals surface area contributed by atoms with Crippen LogP contribution in [-0.4, -0.2) is 59.2 Å². The molecule has 8 heteroatoms. The smallest absolute Gasteiger partial charge is 0.339 e. The number of pyridine rings is 1. The summed E-state index contributed by atoms with van der Waals surface area (Å²) in [5.41, 5.74) is -0.157. The third-order valence-corrected chi connectivity index (χ3v) is 3.60. The van der Waals surface area contributed by atoms with E-state index in [1.165, 1.54) is 0 Å². The molecule has 1 atom stereocenters. The maximum atomic E-state index is 13.1. The van der Waals surface area contributed by atoms with Crippen LogP contribution in [-0.2, 0) is 0 Å². The van der Waals surface area contributed by atoms with Crippen LogP contribution in [0.25, 0.3) is 0 Å². The highest BCUT2D eigenvalue weighted by Gasteiger charge is 2.36. The van der Waals surface area contributed by atoms with Crippen LogP contribution in [0.3, 0.4) is 0 Å². The van der Waals surface area contributed by atoms with Crippen LogP contribution < -0.4 is 10.2 Å². The number of anilines is 1. The lowest BCUT2D eigenvalue weighted by molar-refractivity contribution is 0.0696. The lowest BCUT2D eigenvalue weighted by Gasteiger charge is -2.37. The number of carboxylic acids is 1. The summed E-state index contributed by atoms with van der Waals surface area (Å²) in [6, 6.07) is 0.861. The molecule has 2 saturated heterocycles. The van der Waals surface area contributed by atoms with E-state index in [0.29, 0.717) is 26.2 Å². The molecule has 3 rings (SSSR count). The van der Waals surface area contributed by atoms with Gasteiger partial charge in [-0.05, 0) is 6.07 Å². The maximum absolute atomic E-state index is 13.1. The van der Waals surface area contributed by atoms with Gasteiger partial charge in [-0.2, -0.15) is 0 Å². The molecule has 2 aliphatic rings. The number of amides is 2. The van der Waals surface area contributed by atoms with E-state index in [1.807, 2.05) is 0 Å². The zero-order valence-corrected chi connectivity index (χ0v) is 10.5. The van der Waals surface area contributed by atoms with Crippen molar-refractivity contribution in [1.82, 2.24) is 15.2 Å². The quantitative estimate of drug-likeness (QED) is 0.804. The van der Waals surface area contributed by atoms with Crippen LogP contribution in [0.15, 0.2) is 12.3 Å². The van der Waals surface area contributed by atoms with E-state index >= 15 is 0 Å². The Morgan fingerprint density at radius 3 is 3.05 bits per heavy atom. The van der Waals surface area contributed by atoms with Gasteiger partial charge in [0.1, 0.15) is 17.2 Å². The molecule has 0 aromatic carbocycles. The molecule has 0 radical (unpaired) electrons. The van der Waals surface area contributed by atoms with E-state index < -0.39 is 11.8 Å². The van der Waals surface area contributed by atoms with Gasteiger partial charge in [0.05, 0.1) is 12.2 Å². The van der Waals surface area contributed by atoms with Gasteiger partial charge in [0.25, 0.3) is 0 Å². The highest BCUT2D eigenvalue weighted by molar-refractivity contribution is 5.93. The standard InChI is InChI=1S/C12H13FN4O3/c13-7-3-9(11(18)19)10(14-4-7)16-1-2-17-8(6-16)5-15-12(17)20/h3-4,8H,1-2,5-6H2,(H,15,20)(H,18,19). The van der Waals surface area contributed by atoms with Crippen LogP contribution in [0, 0.1) is 5.82 Å². The number of fused-ring (bicyclic) bond motifs is 1. The Labute approximate surface area is 114 Å². The van der Waals surface area contributed by atoms with Crippen molar-refractivity contribution < 1.29 is 19.1 Å². The Hall–Kier alpha value is -2.38. The molecule has 7 nitrogen and oxygen atoms in total. The number of aromatic nitrogens is 1. The molecule has 0 saturated carbocycles. The largest absolute Gasteiger partial charge is 0.478 e. The first kappa shape index (κ1) is 12.6. The number of carbonyl (C=O) groups excluding carboxylic acids is 1. The van der Waals surface area contributed by atoms with Gasteiger partial charge in [-0.3, -0.25) is 0 Å². The summed E-state index contributed by atoms with van der Waals surface area (Å²) >= 11 is 0. The third kappa shape index (κ3) is 2.02. The molecule has 0 aliphatic carbocycles. The highest BCUT2D eigenvalue weighted by atomic mass is 19.1. The minimum Gasteiger partial charge on any atom is -0.478 e. The van der Waals surface area contributed by atoms with Crippen molar-refractivity contribution in [3.8, 4) is 0 Å². The first-order valence-corrected chi connectivity index (χ1v) is 6.24. The minimum atomic E-state index is -1.21. The lowest BCUT2D eigenvalue weighted by atomic mass is 10.1. The summed E-state index contributed by atoms with van der Waals surface area (Å²) in [6.07, 6.45) is 1.01. The Balaban J connectivity index is 1.87. The van der Waals surface area contributed by atoms with Gasteiger partial charge in [-0.15, -0.1) is 0 Å². The summed E-state index contributed by atoms with van der Waals surface area (Å²) in [5.74, 6) is -1.64. The maximum Gasteiger partial charge on any atom is 0.339 e. The summed E-state index contributed by atoms with van der Waals surface area (Å²) < 4.78 is 13.1. The molecular weight excluding hydrogens is 267 g/mol. The minimum absolute atomic E-state index is 0.00949. The number of halogens is 1. The number of carboxylic acid groups (broad SMARTS) is 1. The fourth-order valence-electron chi connectivity index (χ4n) is 2.64. The number of urea groups is 1. The molecule has 20 heavy (non-hydrogen) atoms. The van der Waals surface area contributed by atoms with Crippen molar-refractivity contribution in [2.75, 3.05) is 31.1 Å². The van der Waals surface area contributed by atoms with Crippen LogP contribution in [0.5, 0.6) is 0 Å². The Kier molecular flexibility index (Phi) is 2.92. The molecular formula is C12H13FN4O3. The second kappa shape index (κ2) is 4.62. The van der Waals surface area contributed by atoms with E-state index in [0.717, 1.165) is 12.3 Å². The van der Waals surface area contributed by atoms with Crippen LogP contribution in [0.4, 0.5) is 15.0 Å². The van der Waals surface area contributed by atoms with Crippen molar-refractivity contribution >= 4 is 17.8 Å². The number of hydrogen-bond acceptors (Lipinski definition) is 4. The molecule has 1 unspecified atom stereocenters. The predicted octanol–water partition coefficient (Wildman–Crippen LogP) is 0.133. The van der Waals surface area contributed by atoms with Gasteiger partial charge >= 0.3 is 12.0 Å². The molecule has 3 heterocycles. The normalized spacial score (nSPS) is 21.6. The van der Waals surface area contributed by atoms with Crippen molar-refractivity contribution in [3.05, 3.63) is 23.6 Å². The van der Waals surface area contributed by atoms with Gasteiger partial charge in [-0.1, -0.05) is 0 Å². The van der Waals surface area contributed by atoms with E-state index in [4.69, 9.17) is 5.11 Å². The average Bonchev–Trinajstić information content (AvgIpc) is 2.80. The number of nitrogens with one attached hydrogen (secondary N) is 1. The zero-order chi connectivity index (χ0) is 14.3. The number of nitrogens with zero attached hydrogens (tertiary/aromatic N) is 3. The van der Waals surface area contributed by atoms with Crippen LogP contribution in [0.1, 0.15) is 10.4 Å². The predicted molar refractivity (Wildman–Crippen MR) is 67.3 cm³/mol. The second-order valence-corrected chi connectivity index (χ2v) is 4.81. The average molecular weight is 280 g/mol. The molecule has 2 aliphatic heterocycles. The Bertz CT molecular complexity index is 580. The van der Waals surface area contributed by atoms with Gasteiger partial charge < -0.3 is 20.2 Å². The van der Waals surface area contributed by atoms with E-state index in [9.17, 15) is 14.0 Å². The third-order valence-electron chi connectivity index (χ3n) is 3.60. The Morgan fingerprint density at radius 2 is 2.30 bits per heavy atom.